The number of hydrogen-bond donors (Lipinski definition) is 1. The molecule has 102 valence electrons. The van der Waals surface area contributed by atoms with Gasteiger partial charge in [-0.3, -0.25) is 4.57 Å². The lowest BCUT2D eigenvalue weighted by Gasteiger charge is -2.18. The van der Waals surface area contributed by atoms with Crippen molar-refractivity contribution in [3.8, 4) is 5.69 Å². The summed E-state index contributed by atoms with van der Waals surface area (Å²) in [6.07, 6.45) is 0. The van der Waals surface area contributed by atoms with Gasteiger partial charge in [0.1, 0.15) is 0 Å². The SMILES string of the molecule is Cc1ccc2nc(N)n(-c3ccccc3N(C)C)c2c1. The summed E-state index contributed by atoms with van der Waals surface area (Å²) in [5, 5.41) is 0. The average molecular weight is 266 g/mol. The van der Waals surface area contributed by atoms with Crippen molar-refractivity contribution in [2.45, 2.75) is 6.92 Å². The Morgan fingerprint density at radius 3 is 2.60 bits per heavy atom. The molecule has 0 amide bonds. The number of anilines is 2. The van der Waals surface area contributed by atoms with Crippen LogP contribution in [-0.4, -0.2) is 23.6 Å². The topological polar surface area (TPSA) is 47.1 Å². The third-order valence-corrected chi connectivity index (χ3v) is 3.44. The molecule has 0 bridgehead atoms. The van der Waals surface area contributed by atoms with Crippen LogP contribution in [0.5, 0.6) is 0 Å². The Balaban J connectivity index is 2.35. The van der Waals surface area contributed by atoms with Crippen LogP contribution in [0.3, 0.4) is 0 Å². The van der Waals surface area contributed by atoms with E-state index in [1.807, 2.05) is 36.9 Å². The van der Waals surface area contributed by atoms with Crippen LogP contribution in [0.4, 0.5) is 11.6 Å². The van der Waals surface area contributed by atoms with E-state index in [0.29, 0.717) is 5.95 Å². The second-order valence-electron chi connectivity index (χ2n) is 5.18. The smallest absolute Gasteiger partial charge is 0.206 e. The summed E-state index contributed by atoms with van der Waals surface area (Å²) in [6.45, 7) is 2.07. The van der Waals surface area contributed by atoms with Crippen molar-refractivity contribution < 1.29 is 0 Å². The molecule has 0 aliphatic carbocycles. The zero-order valence-electron chi connectivity index (χ0n) is 12.0. The van der Waals surface area contributed by atoms with Crippen LogP contribution in [0.2, 0.25) is 0 Å². The van der Waals surface area contributed by atoms with Gasteiger partial charge < -0.3 is 10.6 Å². The van der Waals surface area contributed by atoms with E-state index < -0.39 is 0 Å². The molecule has 3 aromatic rings. The maximum atomic E-state index is 6.14. The Kier molecular flexibility index (Phi) is 2.86. The number of aromatic nitrogens is 2. The highest BCUT2D eigenvalue weighted by Crippen LogP contribution is 2.29. The molecule has 0 radical (unpaired) electrons. The number of benzene rings is 2. The zero-order chi connectivity index (χ0) is 14.3. The summed E-state index contributed by atoms with van der Waals surface area (Å²) in [5.41, 5.74) is 11.4. The summed E-state index contributed by atoms with van der Waals surface area (Å²) in [6, 6.07) is 14.4. The molecule has 0 saturated heterocycles. The van der Waals surface area contributed by atoms with Crippen molar-refractivity contribution in [3.05, 3.63) is 48.0 Å². The van der Waals surface area contributed by atoms with Crippen LogP contribution in [0.15, 0.2) is 42.5 Å². The molecular weight excluding hydrogens is 248 g/mol. The fourth-order valence-electron chi connectivity index (χ4n) is 2.49. The van der Waals surface area contributed by atoms with Gasteiger partial charge in [0.05, 0.1) is 22.4 Å². The van der Waals surface area contributed by atoms with Crippen LogP contribution < -0.4 is 10.6 Å². The van der Waals surface area contributed by atoms with Crippen molar-refractivity contribution in [1.29, 1.82) is 0 Å². The molecule has 4 heteroatoms. The van der Waals surface area contributed by atoms with Crippen molar-refractivity contribution in [1.82, 2.24) is 9.55 Å². The van der Waals surface area contributed by atoms with Gasteiger partial charge in [-0.2, -0.15) is 0 Å². The maximum absolute atomic E-state index is 6.14. The van der Waals surface area contributed by atoms with E-state index in [2.05, 4.69) is 41.1 Å². The standard InChI is InChI=1S/C16H18N4/c1-11-8-9-12-15(10-11)20(16(17)18-12)14-7-5-4-6-13(14)19(2)3/h4-10H,1-3H3,(H2,17,18). The Bertz CT molecular complexity index is 771. The van der Waals surface area contributed by atoms with E-state index in [9.17, 15) is 0 Å². The van der Waals surface area contributed by atoms with Gasteiger partial charge in [-0.05, 0) is 36.8 Å². The van der Waals surface area contributed by atoms with Crippen LogP contribution in [0.25, 0.3) is 16.7 Å². The molecule has 0 fully saturated rings. The molecular formula is C16H18N4. The minimum Gasteiger partial charge on any atom is -0.376 e. The first-order chi connectivity index (χ1) is 9.58. The van der Waals surface area contributed by atoms with E-state index >= 15 is 0 Å². The van der Waals surface area contributed by atoms with E-state index in [1.165, 1.54) is 5.56 Å². The normalized spacial score (nSPS) is 10.9. The monoisotopic (exact) mass is 266 g/mol. The lowest BCUT2D eigenvalue weighted by Crippen LogP contribution is -2.13. The fourth-order valence-corrected chi connectivity index (χ4v) is 2.49. The van der Waals surface area contributed by atoms with Crippen molar-refractivity contribution in [2.24, 2.45) is 0 Å². The summed E-state index contributed by atoms with van der Waals surface area (Å²) in [4.78, 5) is 6.53. The molecule has 0 atom stereocenters. The second kappa shape index (κ2) is 4.56. The van der Waals surface area contributed by atoms with Gasteiger partial charge >= 0.3 is 0 Å². The summed E-state index contributed by atoms with van der Waals surface area (Å²) in [5.74, 6) is 0.514. The predicted octanol–water partition coefficient (Wildman–Crippen LogP) is 2.98. The molecule has 20 heavy (non-hydrogen) atoms. The highest BCUT2D eigenvalue weighted by Gasteiger charge is 2.13. The molecule has 0 aliphatic heterocycles. The minimum atomic E-state index is 0.514. The van der Waals surface area contributed by atoms with Crippen LogP contribution in [0.1, 0.15) is 5.56 Å². The largest absolute Gasteiger partial charge is 0.376 e. The Hall–Kier alpha value is -2.49. The van der Waals surface area contributed by atoms with E-state index in [-0.39, 0.29) is 0 Å². The van der Waals surface area contributed by atoms with E-state index in [0.717, 1.165) is 22.4 Å². The number of rotatable bonds is 2. The molecule has 1 heterocycles. The Morgan fingerprint density at radius 2 is 1.85 bits per heavy atom. The Morgan fingerprint density at radius 1 is 1.10 bits per heavy atom. The molecule has 1 aromatic heterocycles. The van der Waals surface area contributed by atoms with Gasteiger partial charge in [-0.15, -0.1) is 0 Å². The first kappa shape index (κ1) is 12.5. The zero-order valence-corrected chi connectivity index (χ0v) is 12.0. The highest BCUT2D eigenvalue weighted by atomic mass is 15.2. The van der Waals surface area contributed by atoms with Crippen molar-refractivity contribution in [2.75, 3.05) is 24.7 Å². The van der Waals surface area contributed by atoms with Gasteiger partial charge in [0.25, 0.3) is 0 Å². The minimum absolute atomic E-state index is 0.514. The molecule has 0 spiro atoms. The molecule has 4 nitrogen and oxygen atoms in total. The number of imidazole rings is 1. The van der Waals surface area contributed by atoms with Gasteiger partial charge in [0, 0.05) is 14.1 Å². The first-order valence-electron chi connectivity index (χ1n) is 6.59. The number of para-hydroxylation sites is 2. The van der Waals surface area contributed by atoms with Gasteiger partial charge in [-0.25, -0.2) is 4.98 Å². The first-order valence-corrected chi connectivity index (χ1v) is 6.59. The summed E-state index contributed by atoms with van der Waals surface area (Å²) < 4.78 is 2.01. The van der Waals surface area contributed by atoms with Crippen LogP contribution >= 0.6 is 0 Å². The summed E-state index contributed by atoms with van der Waals surface area (Å²) >= 11 is 0. The van der Waals surface area contributed by atoms with Gasteiger partial charge in [0.2, 0.25) is 5.95 Å². The van der Waals surface area contributed by atoms with Gasteiger partial charge in [-0.1, -0.05) is 18.2 Å². The maximum Gasteiger partial charge on any atom is 0.206 e. The molecule has 2 N–H and O–H groups in total. The van der Waals surface area contributed by atoms with E-state index in [4.69, 9.17) is 5.73 Å². The second-order valence-corrected chi connectivity index (χ2v) is 5.18. The third kappa shape index (κ3) is 1.90. The quantitative estimate of drug-likeness (QED) is 0.775. The van der Waals surface area contributed by atoms with Crippen molar-refractivity contribution in [3.63, 3.8) is 0 Å². The van der Waals surface area contributed by atoms with Gasteiger partial charge in [0.15, 0.2) is 0 Å². The van der Waals surface area contributed by atoms with Crippen LogP contribution in [-0.2, 0) is 0 Å². The lowest BCUT2D eigenvalue weighted by atomic mass is 10.2. The van der Waals surface area contributed by atoms with E-state index in [1.54, 1.807) is 0 Å². The molecule has 0 aliphatic rings. The number of nitrogens with two attached hydrogens (primary N) is 1. The predicted molar refractivity (Wildman–Crippen MR) is 84.5 cm³/mol. The number of fused-ring (bicyclic) bond motifs is 1. The highest BCUT2D eigenvalue weighted by molar-refractivity contribution is 5.83. The Labute approximate surface area is 118 Å². The molecule has 0 saturated carbocycles. The lowest BCUT2D eigenvalue weighted by molar-refractivity contribution is 1.06. The fraction of sp³-hybridized carbons (Fsp3) is 0.188. The molecule has 3 rings (SSSR count). The summed E-state index contributed by atoms with van der Waals surface area (Å²) in [7, 11) is 4.05. The number of nitrogens with zero attached hydrogens (tertiary/aromatic N) is 3. The van der Waals surface area contributed by atoms with Crippen molar-refractivity contribution >= 4 is 22.7 Å². The average Bonchev–Trinajstić information content (AvgIpc) is 2.74. The number of nitrogen functional groups attached to an aromatic ring is 1. The number of aryl methyl sites for hydroxylation is 1. The number of hydrogen-bond acceptors (Lipinski definition) is 3. The van der Waals surface area contributed by atoms with Crippen LogP contribution in [0, 0.1) is 6.92 Å². The molecule has 2 aromatic carbocycles. The third-order valence-electron chi connectivity index (χ3n) is 3.44. The molecule has 0 unspecified atom stereocenters.